The highest BCUT2D eigenvalue weighted by atomic mass is 32.2. The molecule has 1 N–H and O–H groups in total. The van der Waals surface area contributed by atoms with Gasteiger partial charge >= 0.3 is 6.09 Å². The highest BCUT2D eigenvalue weighted by Crippen LogP contribution is 2.28. The van der Waals surface area contributed by atoms with Gasteiger partial charge in [0.25, 0.3) is 11.1 Å². The Morgan fingerprint density at radius 2 is 1.82 bits per heavy atom. The largest absolute Gasteiger partial charge is 0.474 e. The number of nitrogens with zero attached hydrogens (tertiary/aromatic N) is 3. The fourth-order valence-corrected chi connectivity index (χ4v) is 4.62. The molecule has 0 spiro atoms. The molecule has 10 nitrogen and oxygen atoms in total. The van der Waals surface area contributed by atoms with Crippen LogP contribution in [-0.2, 0) is 16.1 Å². The Labute approximate surface area is 223 Å². The lowest BCUT2D eigenvalue weighted by atomic mass is 10.1. The molecule has 1 aromatic heterocycles. The van der Waals surface area contributed by atoms with Crippen LogP contribution < -0.4 is 14.8 Å². The number of hydrogen-bond donors (Lipinski definition) is 1. The van der Waals surface area contributed by atoms with Crippen molar-refractivity contribution in [1.29, 1.82) is 0 Å². The number of imide groups is 1. The van der Waals surface area contributed by atoms with Crippen molar-refractivity contribution in [1.82, 2.24) is 20.2 Å². The van der Waals surface area contributed by atoms with E-state index in [1.807, 2.05) is 30.3 Å². The summed E-state index contributed by atoms with van der Waals surface area (Å²) < 4.78 is 17.3. The minimum absolute atomic E-state index is 0.108. The molecule has 0 bridgehead atoms. The van der Waals surface area contributed by atoms with Crippen molar-refractivity contribution in [3.05, 3.63) is 83.0 Å². The molecule has 0 atom stereocenters. The number of carbonyl (C=O) groups is 3. The van der Waals surface area contributed by atoms with Crippen molar-refractivity contribution in [2.75, 3.05) is 13.1 Å². The van der Waals surface area contributed by atoms with E-state index < -0.39 is 11.1 Å². The van der Waals surface area contributed by atoms with E-state index in [2.05, 4.69) is 15.3 Å². The minimum atomic E-state index is -0.418. The molecule has 5 rings (SSSR count). The maximum absolute atomic E-state index is 12.4. The number of piperidine rings is 1. The van der Waals surface area contributed by atoms with Crippen LogP contribution in [-0.4, -0.2) is 51.3 Å². The number of rotatable bonds is 7. The van der Waals surface area contributed by atoms with Crippen LogP contribution in [0, 0.1) is 0 Å². The lowest BCUT2D eigenvalue weighted by molar-refractivity contribution is -0.115. The molecular formula is C27H24N4O6S. The van der Waals surface area contributed by atoms with E-state index in [1.165, 1.54) is 6.33 Å². The molecule has 11 heteroatoms. The maximum atomic E-state index is 12.4. The average Bonchev–Trinajstić information content (AvgIpc) is 3.24. The first-order chi connectivity index (χ1) is 18.5. The number of nitrogens with one attached hydrogen (secondary N) is 1. The fraction of sp³-hybridized carbons (Fsp3) is 0.222. The number of aromatic nitrogens is 2. The topological polar surface area (TPSA) is 120 Å². The van der Waals surface area contributed by atoms with Gasteiger partial charge in [-0.2, -0.15) is 0 Å². The van der Waals surface area contributed by atoms with Crippen molar-refractivity contribution in [3.63, 3.8) is 0 Å². The van der Waals surface area contributed by atoms with Gasteiger partial charge in [-0.25, -0.2) is 14.8 Å². The predicted molar refractivity (Wildman–Crippen MR) is 140 cm³/mol. The molecule has 3 heterocycles. The zero-order chi connectivity index (χ0) is 26.3. The lowest BCUT2D eigenvalue weighted by Gasteiger charge is -2.31. The summed E-state index contributed by atoms with van der Waals surface area (Å²) in [4.78, 5) is 45.9. The summed E-state index contributed by atoms with van der Waals surface area (Å²) in [6.07, 6.45) is 3.83. The maximum Gasteiger partial charge on any atom is 0.410 e. The van der Waals surface area contributed by atoms with Gasteiger partial charge in [0.1, 0.15) is 24.8 Å². The molecular weight excluding hydrogens is 508 g/mol. The molecule has 0 saturated carbocycles. The Morgan fingerprint density at radius 3 is 2.58 bits per heavy atom. The number of hydrogen-bond acceptors (Lipinski definition) is 9. The number of likely N-dealkylation sites (tertiary alicyclic amines) is 1. The van der Waals surface area contributed by atoms with Crippen LogP contribution >= 0.6 is 11.8 Å². The standard InChI is InChI=1S/C27H24N4O6S/c32-25-22(38-26(33)30-25)14-19-7-4-8-21(13-19)37-24-15-23(28-17-29-24)36-20-9-11-31(12-10-20)27(34)35-16-18-5-2-1-3-6-18/h1-8,13-15,17,20H,9-12,16H2,(H,30,32,33). The van der Waals surface area contributed by atoms with Crippen LogP contribution in [0.5, 0.6) is 17.5 Å². The molecule has 0 unspecified atom stereocenters. The summed E-state index contributed by atoms with van der Waals surface area (Å²) in [7, 11) is 0. The monoisotopic (exact) mass is 532 g/mol. The summed E-state index contributed by atoms with van der Waals surface area (Å²) in [5.41, 5.74) is 1.65. The molecule has 0 radical (unpaired) electrons. The van der Waals surface area contributed by atoms with Crippen molar-refractivity contribution in [2.24, 2.45) is 0 Å². The van der Waals surface area contributed by atoms with Crippen LogP contribution in [0.15, 0.2) is 71.9 Å². The summed E-state index contributed by atoms with van der Waals surface area (Å²) in [6, 6.07) is 18.2. The van der Waals surface area contributed by atoms with Gasteiger partial charge in [0, 0.05) is 25.9 Å². The zero-order valence-electron chi connectivity index (χ0n) is 20.2. The Bertz CT molecular complexity index is 1360. The lowest BCUT2D eigenvalue weighted by Crippen LogP contribution is -2.42. The smallest absolute Gasteiger partial charge is 0.410 e. The third kappa shape index (κ3) is 6.68. The number of carbonyl (C=O) groups excluding carboxylic acids is 3. The molecule has 2 aromatic carbocycles. The Hall–Kier alpha value is -4.38. The van der Waals surface area contributed by atoms with Gasteiger partial charge in [0.15, 0.2) is 0 Å². The van der Waals surface area contributed by atoms with Crippen molar-refractivity contribution < 1.29 is 28.6 Å². The first kappa shape index (κ1) is 25.3. The molecule has 2 aliphatic rings. The van der Waals surface area contributed by atoms with Crippen LogP contribution in [0.4, 0.5) is 9.59 Å². The molecule has 2 aliphatic heterocycles. The fourth-order valence-electron chi connectivity index (χ4n) is 3.94. The number of thioether (sulfide) groups is 1. The molecule has 38 heavy (non-hydrogen) atoms. The van der Waals surface area contributed by atoms with Gasteiger partial charge in [0.05, 0.1) is 11.0 Å². The minimum Gasteiger partial charge on any atom is -0.474 e. The van der Waals surface area contributed by atoms with Crippen molar-refractivity contribution >= 4 is 35.1 Å². The Morgan fingerprint density at radius 1 is 1.03 bits per heavy atom. The molecule has 3 amide bonds. The van der Waals surface area contributed by atoms with E-state index in [0.717, 1.165) is 17.3 Å². The normalized spacial score (nSPS) is 16.8. The SMILES string of the molecule is O=C1NC(=O)C(=Cc2cccc(Oc3cc(OC4CCN(C(=O)OCc5ccccc5)CC4)ncn3)c2)S1. The third-order valence-corrected chi connectivity index (χ3v) is 6.64. The molecule has 3 aromatic rings. The Balaban J connectivity index is 1.13. The number of benzene rings is 2. The molecule has 194 valence electrons. The van der Waals surface area contributed by atoms with E-state index in [9.17, 15) is 14.4 Å². The summed E-state index contributed by atoms with van der Waals surface area (Å²) in [5, 5.41) is 1.84. The van der Waals surface area contributed by atoms with E-state index in [1.54, 1.807) is 41.3 Å². The predicted octanol–water partition coefficient (Wildman–Crippen LogP) is 4.77. The van der Waals surface area contributed by atoms with Gasteiger partial charge in [0.2, 0.25) is 11.8 Å². The molecule has 0 aliphatic carbocycles. The summed E-state index contributed by atoms with van der Waals surface area (Å²) in [6.45, 7) is 1.29. The van der Waals surface area contributed by atoms with E-state index in [0.29, 0.717) is 53.9 Å². The summed E-state index contributed by atoms with van der Waals surface area (Å²) >= 11 is 0.855. The van der Waals surface area contributed by atoms with E-state index in [4.69, 9.17) is 14.2 Å². The van der Waals surface area contributed by atoms with E-state index in [-0.39, 0.29) is 18.8 Å². The van der Waals surface area contributed by atoms with E-state index >= 15 is 0 Å². The van der Waals surface area contributed by atoms with Crippen LogP contribution in [0.1, 0.15) is 24.0 Å². The second kappa shape index (κ2) is 11.8. The first-order valence-corrected chi connectivity index (χ1v) is 12.8. The second-order valence-electron chi connectivity index (χ2n) is 8.57. The van der Waals surface area contributed by atoms with Crippen molar-refractivity contribution in [2.45, 2.75) is 25.6 Å². The van der Waals surface area contributed by atoms with Crippen LogP contribution in [0.2, 0.25) is 0 Å². The van der Waals surface area contributed by atoms with Crippen molar-refractivity contribution in [3.8, 4) is 17.5 Å². The highest BCUT2D eigenvalue weighted by molar-refractivity contribution is 8.18. The Kier molecular flexibility index (Phi) is 7.84. The third-order valence-electron chi connectivity index (χ3n) is 5.83. The van der Waals surface area contributed by atoms with Gasteiger partial charge in [-0.1, -0.05) is 42.5 Å². The zero-order valence-corrected chi connectivity index (χ0v) is 21.1. The first-order valence-electron chi connectivity index (χ1n) is 12.0. The number of ether oxygens (including phenoxy) is 3. The van der Waals surface area contributed by atoms with Gasteiger partial charge in [-0.15, -0.1) is 0 Å². The quantitative estimate of drug-likeness (QED) is 0.429. The molecule has 2 fully saturated rings. The van der Waals surface area contributed by atoms with Gasteiger partial charge in [-0.3, -0.25) is 14.9 Å². The van der Waals surface area contributed by atoms with Crippen LogP contribution in [0.25, 0.3) is 6.08 Å². The average molecular weight is 533 g/mol. The van der Waals surface area contributed by atoms with Gasteiger partial charge < -0.3 is 19.1 Å². The molecule has 2 saturated heterocycles. The van der Waals surface area contributed by atoms with Crippen LogP contribution in [0.3, 0.4) is 0 Å². The highest BCUT2D eigenvalue weighted by Gasteiger charge is 2.26. The van der Waals surface area contributed by atoms with Gasteiger partial charge in [-0.05, 0) is 41.1 Å². The second-order valence-corrected chi connectivity index (χ2v) is 9.58. The summed E-state index contributed by atoms with van der Waals surface area (Å²) in [5.74, 6) is 0.751. The number of amides is 3.